The monoisotopic (exact) mass is 335 g/mol. The minimum Gasteiger partial charge on any atom is -0.480 e. The highest BCUT2D eigenvalue weighted by Crippen LogP contribution is 2.32. The summed E-state index contributed by atoms with van der Waals surface area (Å²) in [5, 5.41) is 9.59. The van der Waals surface area contributed by atoms with E-state index >= 15 is 0 Å². The molecule has 1 fully saturated rings. The van der Waals surface area contributed by atoms with Crippen LogP contribution < -0.4 is 0 Å². The van der Waals surface area contributed by atoms with Crippen LogP contribution in [0.25, 0.3) is 0 Å². The first-order valence-corrected chi connectivity index (χ1v) is 8.62. The van der Waals surface area contributed by atoms with Crippen molar-refractivity contribution < 1.29 is 19.1 Å². The predicted octanol–water partition coefficient (Wildman–Crippen LogP) is 3.49. The van der Waals surface area contributed by atoms with Gasteiger partial charge in [-0.1, -0.05) is 26.0 Å². The summed E-state index contributed by atoms with van der Waals surface area (Å²) in [5.41, 5.74) is 0.714. The number of halogens is 1. The van der Waals surface area contributed by atoms with Gasteiger partial charge >= 0.3 is 5.97 Å². The van der Waals surface area contributed by atoms with Crippen molar-refractivity contribution in [2.75, 3.05) is 0 Å². The van der Waals surface area contributed by atoms with Crippen molar-refractivity contribution in [1.29, 1.82) is 0 Å². The van der Waals surface area contributed by atoms with Crippen LogP contribution in [-0.2, 0) is 16.0 Å². The van der Waals surface area contributed by atoms with Gasteiger partial charge in [0.15, 0.2) is 0 Å². The fourth-order valence-corrected chi connectivity index (χ4v) is 3.64. The van der Waals surface area contributed by atoms with Crippen LogP contribution in [-0.4, -0.2) is 34.5 Å². The van der Waals surface area contributed by atoms with Gasteiger partial charge in [0.2, 0.25) is 6.41 Å². The van der Waals surface area contributed by atoms with Crippen LogP contribution in [0.15, 0.2) is 24.3 Å². The Morgan fingerprint density at radius 1 is 1.25 bits per heavy atom. The average Bonchev–Trinajstić information content (AvgIpc) is 2.56. The minimum absolute atomic E-state index is 0.0287. The molecule has 132 valence electrons. The molecule has 1 aromatic rings. The molecule has 4 nitrogen and oxygen atoms in total. The summed E-state index contributed by atoms with van der Waals surface area (Å²) < 4.78 is 13.0. The van der Waals surface area contributed by atoms with E-state index in [-0.39, 0.29) is 18.3 Å². The van der Waals surface area contributed by atoms with Gasteiger partial charge in [-0.3, -0.25) is 4.79 Å². The van der Waals surface area contributed by atoms with E-state index < -0.39 is 12.0 Å². The minimum atomic E-state index is -1.02. The highest BCUT2D eigenvalue weighted by molar-refractivity contribution is 5.76. The molecule has 0 aromatic heterocycles. The molecule has 1 aromatic carbocycles. The molecular weight excluding hydrogens is 309 g/mol. The Morgan fingerprint density at radius 3 is 2.29 bits per heavy atom. The number of carbonyl (C=O) groups is 2. The number of carbonyl (C=O) groups excluding carboxylic acids is 1. The summed E-state index contributed by atoms with van der Waals surface area (Å²) in [6.07, 6.45) is 4.59. The van der Waals surface area contributed by atoms with Gasteiger partial charge in [-0.05, 0) is 55.2 Å². The number of carboxylic acid groups (broad SMARTS) is 1. The second-order valence-corrected chi connectivity index (χ2v) is 7.05. The molecule has 0 bridgehead atoms. The zero-order valence-electron chi connectivity index (χ0n) is 14.3. The van der Waals surface area contributed by atoms with Crippen molar-refractivity contribution >= 4 is 12.4 Å². The molecular formula is C19H26FNO3. The maximum absolute atomic E-state index is 13.0. The molecule has 1 unspecified atom stereocenters. The van der Waals surface area contributed by atoms with E-state index in [2.05, 4.69) is 13.8 Å². The SMILES string of the molecule is CC(C)C1CCC(N(C=O)C(Cc2ccc(F)cc2)C(=O)O)CC1. The van der Waals surface area contributed by atoms with Crippen molar-refractivity contribution in [3.05, 3.63) is 35.6 Å². The van der Waals surface area contributed by atoms with E-state index in [9.17, 15) is 19.1 Å². The maximum atomic E-state index is 13.0. The summed E-state index contributed by atoms with van der Waals surface area (Å²) in [6.45, 7) is 4.41. The lowest BCUT2D eigenvalue weighted by Gasteiger charge is -2.38. The number of nitrogens with zero attached hydrogens (tertiary/aromatic N) is 1. The molecule has 1 atom stereocenters. The highest BCUT2D eigenvalue weighted by Gasteiger charge is 2.33. The summed E-state index contributed by atoms with van der Waals surface area (Å²) in [7, 11) is 0. The molecule has 5 heteroatoms. The average molecular weight is 335 g/mol. The van der Waals surface area contributed by atoms with Crippen LogP contribution in [0.4, 0.5) is 4.39 Å². The molecule has 1 N–H and O–H groups in total. The molecule has 2 rings (SSSR count). The van der Waals surface area contributed by atoms with Crippen LogP contribution in [0.2, 0.25) is 0 Å². The second kappa shape index (κ2) is 8.27. The van der Waals surface area contributed by atoms with Crippen molar-refractivity contribution in [1.82, 2.24) is 4.90 Å². The number of benzene rings is 1. The largest absolute Gasteiger partial charge is 0.480 e. The summed E-state index contributed by atoms with van der Waals surface area (Å²) in [5.74, 6) is -0.109. The third-order valence-corrected chi connectivity index (χ3v) is 5.21. The Balaban J connectivity index is 2.08. The van der Waals surface area contributed by atoms with Gasteiger partial charge in [0, 0.05) is 12.5 Å². The second-order valence-electron chi connectivity index (χ2n) is 7.05. The number of amides is 1. The van der Waals surface area contributed by atoms with Gasteiger partial charge in [-0.15, -0.1) is 0 Å². The Hall–Kier alpha value is -1.91. The first-order valence-electron chi connectivity index (χ1n) is 8.62. The maximum Gasteiger partial charge on any atom is 0.326 e. The fourth-order valence-electron chi connectivity index (χ4n) is 3.64. The molecule has 1 aliphatic rings. The normalized spacial score (nSPS) is 22.2. The van der Waals surface area contributed by atoms with Crippen molar-refractivity contribution in [2.45, 2.75) is 58.0 Å². The summed E-state index contributed by atoms with van der Waals surface area (Å²) in [4.78, 5) is 24.8. The number of aliphatic carboxylic acids is 1. The summed E-state index contributed by atoms with van der Waals surface area (Å²) in [6, 6.07) is 4.83. The number of hydrogen-bond donors (Lipinski definition) is 1. The van der Waals surface area contributed by atoms with E-state index in [1.54, 1.807) is 12.1 Å². The van der Waals surface area contributed by atoms with Crippen LogP contribution in [0.5, 0.6) is 0 Å². The topological polar surface area (TPSA) is 57.6 Å². The number of rotatable bonds is 7. The van der Waals surface area contributed by atoms with Crippen LogP contribution >= 0.6 is 0 Å². The third-order valence-electron chi connectivity index (χ3n) is 5.21. The smallest absolute Gasteiger partial charge is 0.326 e. The molecule has 24 heavy (non-hydrogen) atoms. The lowest BCUT2D eigenvalue weighted by molar-refractivity contribution is -0.148. The van der Waals surface area contributed by atoms with Gasteiger partial charge in [-0.2, -0.15) is 0 Å². The molecule has 1 saturated carbocycles. The zero-order valence-corrected chi connectivity index (χ0v) is 14.3. The molecule has 0 spiro atoms. The number of carboxylic acids is 1. The first-order chi connectivity index (χ1) is 11.4. The van der Waals surface area contributed by atoms with Gasteiger partial charge in [0.25, 0.3) is 0 Å². The van der Waals surface area contributed by atoms with Crippen LogP contribution in [0, 0.1) is 17.7 Å². The van der Waals surface area contributed by atoms with Crippen molar-refractivity contribution in [3.63, 3.8) is 0 Å². The van der Waals surface area contributed by atoms with E-state index in [1.807, 2.05) is 0 Å². The Labute approximate surface area is 142 Å². The van der Waals surface area contributed by atoms with Crippen molar-refractivity contribution in [3.8, 4) is 0 Å². The first kappa shape index (κ1) is 18.4. The molecule has 1 amide bonds. The van der Waals surface area contributed by atoms with E-state index in [0.717, 1.165) is 25.7 Å². The van der Waals surface area contributed by atoms with Crippen LogP contribution in [0.1, 0.15) is 45.1 Å². The van der Waals surface area contributed by atoms with Crippen LogP contribution in [0.3, 0.4) is 0 Å². The van der Waals surface area contributed by atoms with E-state index in [4.69, 9.17) is 0 Å². The highest BCUT2D eigenvalue weighted by atomic mass is 19.1. The third kappa shape index (κ3) is 4.56. The molecule has 1 aliphatic carbocycles. The lowest BCUT2D eigenvalue weighted by Crippen LogP contribution is -2.49. The summed E-state index contributed by atoms with van der Waals surface area (Å²) >= 11 is 0. The van der Waals surface area contributed by atoms with E-state index in [1.165, 1.54) is 17.0 Å². The molecule has 0 heterocycles. The quantitative estimate of drug-likeness (QED) is 0.776. The Bertz CT molecular complexity index is 550. The molecule has 0 saturated heterocycles. The Kier molecular flexibility index (Phi) is 6.35. The molecule has 0 radical (unpaired) electrons. The van der Waals surface area contributed by atoms with E-state index in [0.29, 0.717) is 23.8 Å². The standard InChI is InChI=1S/C19H26FNO3/c1-13(2)15-5-9-17(10-6-15)21(12-22)18(19(23)24)11-14-3-7-16(20)8-4-14/h3-4,7-8,12-13,15,17-18H,5-6,9-11H2,1-2H3,(H,23,24). The van der Waals surface area contributed by atoms with Gasteiger partial charge < -0.3 is 10.0 Å². The zero-order chi connectivity index (χ0) is 17.7. The lowest BCUT2D eigenvalue weighted by atomic mass is 9.79. The number of hydrogen-bond acceptors (Lipinski definition) is 2. The van der Waals surface area contributed by atoms with Gasteiger partial charge in [-0.25, -0.2) is 9.18 Å². The van der Waals surface area contributed by atoms with Gasteiger partial charge in [0.1, 0.15) is 11.9 Å². The Morgan fingerprint density at radius 2 is 1.83 bits per heavy atom. The molecule has 0 aliphatic heterocycles. The van der Waals surface area contributed by atoms with Gasteiger partial charge in [0.05, 0.1) is 0 Å². The fraction of sp³-hybridized carbons (Fsp3) is 0.579. The van der Waals surface area contributed by atoms with Crippen molar-refractivity contribution in [2.24, 2.45) is 11.8 Å². The predicted molar refractivity (Wildman–Crippen MR) is 90.0 cm³/mol.